The van der Waals surface area contributed by atoms with Crippen LogP contribution in [0.1, 0.15) is 22.3 Å². The zero-order valence-electron chi connectivity index (χ0n) is 14.7. The first-order valence-electron chi connectivity index (χ1n) is 8.72. The Morgan fingerprint density at radius 2 is 1.58 bits per heavy atom. The molecule has 1 amide bonds. The second-order valence-electron chi connectivity index (χ2n) is 6.75. The van der Waals surface area contributed by atoms with Crippen molar-refractivity contribution < 1.29 is 4.79 Å². The van der Waals surface area contributed by atoms with Gasteiger partial charge in [0.05, 0.1) is 6.42 Å². The molecule has 1 fully saturated rings. The SMILES string of the molecule is Cc1ccc(CC(=O)N2CCN(Cc3ccccc3C)CC2)cc1. The molecule has 1 heterocycles. The average molecular weight is 322 g/mol. The van der Waals surface area contributed by atoms with Crippen LogP contribution in [0.15, 0.2) is 48.5 Å². The summed E-state index contributed by atoms with van der Waals surface area (Å²) in [5, 5.41) is 0. The van der Waals surface area contributed by atoms with Crippen molar-refractivity contribution in [2.75, 3.05) is 26.2 Å². The number of benzene rings is 2. The van der Waals surface area contributed by atoms with E-state index >= 15 is 0 Å². The Kier molecular flexibility index (Phi) is 5.31. The van der Waals surface area contributed by atoms with Gasteiger partial charge >= 0.3 is 0 Å². The highest BCUT2D eigenvalue weighted by molar-refractivity contribution is 5.78. The van der Waals surface area contributed by atoms with Crippen LogP contribution in [0.4, 0.5) is 0 Å². The minimum atomic E-state index is 0.245. The number of carbonyl (C=O) groups is 1. The summed E-state index contributed by atoms with van der Waals surface area (Å²) >= 11 is 0. The summed E-state index contributed by atoms with van der Waals surface area (Å²) in [6.07, 6.45) is 0.512. The summed E-state index contributed by atoms with van der Waals surface area (Å²) < 4.78 is 0. The molecular weight excluding hydrogens is 296 g/mol. The van der Waals surface area contributed by atoms with E-state index in [1.54, 1.807) is 0 Å². The van der Waals surface area contributed by atoms with Gasteiger partial charge in [-0.25, -0.2) is 0 Å². The van der Waals surface area contributed by atoms with E-state index in [-0.39, 0.29) is 5.91 Å². The van der Waals surface area contributed by atoms with Gasteiger partial charge in [-0.3, -0.25) is 9.69 Å². The third kappa shape index (κ3) is 4.24. The van der Waals surface area contributed by atoms with Crippen molar-refractivity contribution in [2.45, 2.75) is 26.8 Å². The van der Waals surface area contributed by atoms with Gasteiger partial charge in [-0.15, -0.1) is 0 Å². The van der Waals surface area contributed by atoms with Gasteiger partial charge in [-0.1, -0.05) is 54.1 Å². The summed E-state index contributed by atoms with van der Waals surface area (Å²) in [4.78, 5) is 16.9. The molecule has 24 heavy (non-hydrogen) atoms. The van der Waals surface area contributed by atoms with Gasteiger partial charge in [-0.05, 0) is 30.5 Å². The Balaban J connectivity index is 1.50. The van der Waals surface area contributed by atoms with Crippen molar-refractivity contribution in [3.63, 3.8) is 0 Å². The molecule has 0 atom stereocenters. The van der Waals surface area contributed by atoms with Gasteiger partial charge in [0.25, 0.3) is 0 Å². The molecule has 0 aliphatic carbocycles. The number of piperazine rings is 1. The Morgan fingerprint density at radius 1 is 0.917 bits per heavy atom. The molecule has 2 aromatic rings. The maximum absolute atomic E-state index is 12.5. The van der Waals surface area contributed by atoms with E-state index in [0.29, 0.717) is 6.42 Å². The van der Waals surface area contributed by atoms with Crippen LogP contribution < -0.4 is 0 Å². The Labute approximate surface area is 144 Å². The van der Waals surface area contributed by atoms with Crippen molar-refractivity contribution in [3.8, 4) is 0 Å². The fourth-order valence-corrected chi connectivity index (χ4v) is 3.18. The van der Waals surface area contributed by atoms with E-state index in [0.717, 1.165) is 38.3 Å². The van der Waals surface area contributed by atoms with Crippen LogP contribution in [0.5, 0.6) is 0 Å². The van der Waals surface area contributed by atoms with Gasteiger partial charge in [0, 0.05) is 32.7 Å². The fraction of sp³-hybridized carbons (Fsp3) is 0.381. The number of hydrogen-bond acceptors (Lipinski definition) is 2. The van der Waals surface area contributed by atoms with Crippen molar-refractivity contribution >= 4 is 5.91 Å². The summed E-state index contributed by atoms with van der Waals surface area (Å²) in [6, 6.07) is 16.8. The largest absolute Gasteiger partial charge is 0.340 e. The summed E-state index contributed by atoms with van der Waals surface area (Å²) in [6.45, 7) is 8.78. The number of hydrogen-bond donors (Lipinski definition) is 0. The van der Waals surface area contributed by atoms with Crippen molar-refractivity contribution in [1.82, 2.24) is 9.80 Å². The highest BCUT2D eigenvalue weighted by Gasteiger charge is 2.21. The molecule has 0 N–H and O–H groups in total. The predicted octanol–water partition coefficient (Wildman–Crippen LogP) is 3.19. The molecule has 3 heteroatoms. The van der Waals surface area contributed by atoms with E-state index in [9.17, 15) is 4.79 Å². The molecule has 0 spiro atoms. The van der Waals surface area contributed by atoms with Crippen molar-refractivity contribution in [1.29, 1.82) is 0 Å². The zero-order chi connectivity index (χ0) is 16.9. The molecule has 126 valence electrons. The molecule has 0 aromatic heterocycles. The Morgan fingerprint density at radius 3 is 2.25 bits per heavy atom. The number of nitrogens with zero attached hydrogens (tertiary/aromatic N) is 2. The molecule has 3 nitrogen and oxygen atoms in total. The molecule has 0 unspecified atom stereocenters. The first-order valence-corrected chi connectivity index (χ1v) is 8.72. The summed E-state index contributed by atoms with van der Waals surface area (Å²) in [5.41, 5.74) is 5.07. The number of carbonyl (C=O) groups excluding carboxylic acids is 1. The topological polar surface area (TPSA) is 23.6 Å². The van der Waals surface area contributed by atoms with E-state index in [4.69, 9.17) is 0 Å². The van der Waals surface area contributed by atoms with Crippen LogP contribution >= 0.6 is 0 Å². The lowest BCUT2D eigenvalue weighted by Crippen LogP contribution is -2.48. The van der Waals surface area contributed by atoms with E-state index in [1.807, 2.05) is 4.90 Å². The molecular formula is C21H26N2O. The maximum Gasteiger partial charge on any atom is 0.227 e. The fourth-order valence-electron chi connectivity index (χ4n) is 3.18. The molecule has 0 radical (unpaired) electrons. The van der Waals surface area contributed by atoms with Gasteiger partial charge < -0.3 is 4.90 Å². The highest BCUT2D eigenvalue weighted by Crippen LogP contribution is 2.13. The Hall–Kier alpha value is -2.13. The number of rotatable bonds is 4. The quantitative estimate of drug-likeness (QED) is 0.863. The van der Waals surface area contributed by atoms with Crippen LogP contribution in [0.25, 0.3) is 0 Å². The highest BCUT2D eigenvalue weighted by atomic mass is 16.2. The third-order valence-corrected chi connectivity index (χ3v) is 4.86. The number of amides is 1. The molecule has 0 saturated carbocycles. The standard InChI is InChI=1S/C21H26N2O/c1-17-7-9-19(10-8-17)15-21(24)23-13-11-22(12-14-23)16-20-6-4-3-5-18(20)2/h3-10H,11-16H2,1-2H3. The van der Waals surface area contributed by atoms with Crippen LogP contribution in [-0.4, -0.2) is 41.9 Å². The normalized spacial score (nSPS) is 15.5. The maximum atomic E-state index is 12.5. The molecule has 1 saturated heterocycles. The van der Waals surface area contributed by atoms with Crippen molar-refractivity contribution in [3.05, 3.63) is 70.8 Å². The average Bonchev–Trinajstić information content (AvgIpc) is 2.59. The van der Waals surface area contributed by atoms with E-state index in [2.05, 4.69) is 67.3 Å². The second kappa shape index (κ2) is 7.63. The zero-order valence-corrected chi connectivity index (χ0v) is 14.7. The predicted molar refractivity (Wildman–Crippen MR) is 97.9 cm³/mol. The van der Waals surface area contributed by atoms with E-state index < -0.39 is 0 Å². The molecule has 3 rings (SSSR count). The Bertz CT molecular complexity index is 685. The van der Waals surface area contributed by atoms with Crippen molar-refractivity contribution in [2.24, 2.45) is 0 Å². The molecule has 2 aromatic carbocycles. The summed E-state index contributed by atoms with van der Waals surface area (Å²) in [5.74, 6) is 0.245. The summed E-state index contributed by atoms with van der Waals surface area (Å²) in [7, 11) is 0. The lowest BCUT2D eigenvalue weighted by molar-refractivity contribution is -0.132. The van der Waals surface area contributed by atoms with Gasteiger partial charge in [0.15, 0.2) is 0 Å². The minimum Gasteiger partial charge on any atom is -0.340 e. The lowest BCUT2D eigenvalue weighted by Gasteiger charge is -2.35. The first-order chi connectivity index (χ1) is 11.6. The van der Waals surface area contributed by atoms with Crippen LogP contribution in [0.3, 0.4) is 0 Å². The smallest absolute Gasteiger partial charge is 0.227 e. The molecule has 1 aliphatic rings. The van der Waals surface area contributed by atoms with Crippen LogP contribution in [0.2, 0.25) is 0 Å². The molecule has 1 aliphatic heterocycles. The van der Waals surface area contributed by atoms with Crippen LogP contribution in [0, 0.1) is 13.8 Å². The lowest BCUT2D eigenvalue weighted by atomic mass is 10.1. The second-order valence-corrected chi connectivity index (χ2v) is 6.75. The van der Waals surface area contributed by atoms with Gasteiger partial charge in [0.1, 0.15) is 0 Å². The van der Waals surface area contributed by atoms with E-state index in [1.165, 1.54) is 16.7 Å². The van der Waals surface area contributed by atoms with Gasteiger partial charge in [-0.2, -0.15) is 0 Å². The third-order valence-electron chi connectivity index (χ3n) is 4.86. The monoisotopic (exact) mass is 322 g/mol. The van der Waals surface area contributed by atoms with Gasteiger partial charge in [0.2, 0.25) is 5.91 Å². The minimum absolute atomic E-state index is 0.245. The number of aryl methyl sites for hydroxylation is 2. The molecule has 0 bridgehead atoms. The first kappa shape index (κ1) is 16.7. The van der Waals surface area contributed by atoms with Crippen LogP contribution in [-0.2, 0) is 17.8 Å².